The van der Waals surface area contributed by atoms with Gasteiger partial charge in [-0.25, -0.2) is 0 Å². The van der Waals surface area contributed by atoms with E-state index in [4.69, 9.17) is 9.94 Å². The van der Waals surface area contributed by atoms with Crippen LogP contribution in [0.2, 0.25) is 0 Å². The molecule has 5 heteroatoms. The zero-order valence-corrected chi connectivity index (χ0v) is 8.73. The van der Waals surface area contributed by atoms with Gasteiger partial charge < -0.3 is 10.2 Å². The summed E-state index contributed by atoms with van der Waals surface area (Å²) in [7, 11) is 0. The van der Waals surface area contributed by atoms with Crippen molar-refractivity contribution in [2.75, 3.05) is 6.54 Å². The van der Waals surface area contributed by atoms with Gasteiger partial charge in [-0.2, -0.15) is 5.06 Å². The average Bonchev–Trinajstić information content (AvgIpc) is 2.27. The highest BCUT2D eigenvalue weighted by Gasteiger charge is 2.38. The van der Waals surface area contributed by atoms with Crippen molar-refractivity contribution in [3.8, 4) is 0 Å². The van der Waals surface area contributed by atoms with E-state index in [1.54, 1.807) is 0 Å². The molecule has 1 heterocycles. The van der Waals surface area contributed by atoms with Crippen molar-refractivity contribution in [3.05, 3.63) is 0 Å². The Morgan fingerprint density at radius 2 is 2.07 bits per heavy atom. The third-order valence-electron chi connectivity index (χ3n) is 1.91. The van der Waals surface area contributed by atoms with Crippen LogP contribution >= 0.6 is 0 Å². The smallest absolute Gasteiger partial charge is 0.323 e. The van der Waals surface area contributed by atoms with Crippen molar-refractivity contribution in [2.24, 2.45) is 0 Å². The number of hydrogen-bond acceptors (Lipinski definition) is 4. The van der Waals surface area contributed by atoms with Crippen molar-refractivity contribution in [3.63, 3.8) is 0 Å². The van der Waals surface area contributed by atoms with Gasteiger partial charge in [-0.3, -0.25) is 9.63 Å². The van der Waals surface area contributed by atoms with Gasteiger partial charge in [0, 0.05) is 6.42 Å². The van der Waals surface area contributed by atoms with Crippen molar-refractivity contribution >= 4 is 5.97 Å². The van der Waals surface area contributed by atoms with Gasteiger partial charge in [0.05, 0.1) is 18.2 Å². The van der Waals surface area contributed by atoms with Gasteiger partial charge >= 0.3 is 5.97 Å². The van der Waals surface area contributed by atoms with Gasteiger partial charge in [0.2, 0.25) is 0 Å². The Kier molecular flexibility index (Phi) is 3.14. The molecule has 0 aromatic heterocycles. The number of aliphatic carboxylic acids is 1. The molecule has 1 fully saturated rings. The van der Waals surface area contributed by atoms with Crippen LogP contribution < -0.4 is 0 Å². The zero-order chi connectivity index (χ0) is 10.9. The predicted octanol–water partition coefficient (Wildman–Crippen LogP) is 0.236. The minimum atomic E-state index is -0.953. The van der Waals surface area contributed by atoms with Gasteiger partial charge in [0.1, 0.15) is 6.04 Å². The SMILES string of the molecule is CC(C)(C)ON1CC(O)C[C@H]1C(=O)O. The van der Waals surface area contributed by atoms with Gasteiger partial charge in [-0.05, 0) is 20.8 Å². The molecule has 0 bridgehead atoms. The van der Waals surface area contributed by atoms with Crippen LogP contribution in [0, 0.1) is 0 Å². The fourth-order valence-corrected chi connectivity index (χ4v) is 1.46. The molecule has 5 nitrogen and oxygen atoms in total. The number of aliphatic hydroxyl groups excluding tert-OH is 1. The van der Waals surface area contributed by atoms with Crippen LogP contribution in [0.5, 0.6) is 0 Å². The van der Waals surface area contributed by atoms with Crippen LogP contribution in [0.3, 0.4) is 0 Å². The Balaban J connectivity index is 2.62. The second-order valence-electron chi connectivity index (χ2n) is 4.55. The number of carbonyl (C=O) groups is 1. The number of rotatable bonds is 2. The van der Waals surface area contributed by atoms with E-state index in [1.165, 1.54) is 5.06 Å². The molecular formula is C9H17NO4. The van der Waals surface area contributed by atoms with Crippen LogP contribution in [-0.2, 0) is 9.63 Å². The Hall–Kier alpha value is -0.650. The molecule has 0 aromatic carbocycles. The van der Waals surface area contributed by atoms with Gasteiger partial charge in [0.25, 0.3) is 0 Å². The first-order chi connectivity index (χ1) is 6.29. The molecule has 0 spiro atoms. The van der Waals surface area contributed by atoms with Crippen LogP contribution in [0.4, 0.5) is 0 Å². The third kappa shape index (κ3) is 2.94. The molecule has 14 heavy (non-hydrogen) atoms. The van der Waals surface area contributed by atoms with Gasteiger partial charge in [0.15, 0.2) is 0 Å². The fraction of sp³-hybridized carbons (Fsp3) is 0.889. The number of nitrogens with zero attached hydrogens (tertiary/aromatic N) is 1. The first-order valence-corrected chi connectivity index (χ1v) is 4.66. The van der Waals surface area contributed by atoms with E-state index in [0.29, 0.717) is 0 Å². The van der Waals surface area contributed by atoms with Crippen molar-refractivity contribution in [2.45, 2.75) is 44.9 Å². The third-order valence-corrected chi connectivity index (χ3v) is 1.91. The maximum Gasteiger partial charge on any atom is 0.323 e. The highest BCUT2D eigenvalue weighted by atomic mass is 16.7. The summed E-state index contributed by atoms with van der Waals surface area (Å²) in [5.74, 6) is -0.953. The van der Waals surface area contributed by atoms with E-state index in [0.717, 1.165) is 0 Å². The number of β-amino-alcohol motifs (C(OH)–C–C–N with tert-alkyl or cyclic N) is 1. The molecular weight excluding hydrogens is 186 g/mol. The summed E-state index contributed by atoms with van der Waals surface area (Å²) >= 11 is 0. The van der Waals surface area contributed by atoms with Crippen LogP contribution in [-0.4, -0.2) is 45.5 Å². The largest absolute Gasteiger partial charge is 0.480 e. The standard InChI is InChI=1S/C9H17NO4/c1-9(2,3)14-10-5-6(11)4-7(10)8(12)13/h6-7,11H,4-5H2,1-3H3,(H,12,13)/t6?,7-/m0/s1. The lowest BCUT2D eigenvalue weighted by molar-refractivity contribution is -0.239. The number of carboxylic acids is 1. The van der Waals surface area contributed by atoms with Gasteiger partial charge in [-0.15, -0.1) is 0 Å². The summed E-state index contributed by atoms with van der Waals surface area (Å²) in [5.41, 5.74) is -0.433. The van der Waals surface area contributed by atoms with E-state index < -0.39 is 23.7 Å². The molecule has 2 atom stereocenters. The monoisotopic (exact) mass is 203 g/mol. The zero-order valence-electron chi connectivity index (χ0n) is 8.73. The van der Waals surface area contributed by atoms with Crippen molar-refractivity contribution in [1.82, 2.24) is 5.06 Å². The molecule has 1 saturated heterocycles. The Morgan fingerprint density at radius 1 is 1.50 bits per heavy atom. The number of hydrogen-bond donors (Lipinski definition) is 2. The molecule has 0 aliphatic carbocycles. The predicted molar refractivity (Wildman–Crippen MR) is 49.6 cm³/mol. The van der Waals surface area contributed by atoms with E-state index in [2.05, 4.69) is 0 Å². The van der Waals surface area contributed by atoms with Crippen LogP contribution in [0.25, 0.3) is 0 Å². The van der Waals surface area contributed by atoms with Crippen molar-refractivity contribution in [1.29, 1.82) is 0 Å². The minimum Gasteiger partial charge on any atom is -0.480 e. The molecule has 2 N–H and O–H groups in total. The molecule has 1 rings (SSSR count). The topological polar surface area (TPSA) is 70.0 Å². The normalized spacial score (nSPS) is 29.4. The maximum atomic E-state index is 10.8. The van der Waals surface area contributed by atoms with Crippen LogP contribution in [0.15, 0.2) is 0 Å². The summed E-state index contributed by atoms with van der Waals surface area (Å²) < 4.78 is 0. The van der Waals surface area contributed by atoms with Crippen LogP contribution in [0.1, 0.15) is 27.2 Å². The second kappa shape index (κ2) is 3.84. The summed E-state index contributed by atoms with van der Waals surface area (Å²) in [5, 5.41) is 19.6. The van der Waals surface area contributed by atoms with E-state index in [-0.39, 0.29) is 13.0 Å². The molecule has 0 radical (unpaired) electrons. The number of carboxylic acid groups (broad SMARTS) is 1. The second-order valence-corrected chi connectivity index (χ2v) is 4.55. The van der Waals surface area contributed by atoms with E-state index in [1.807, 2.05) is 20.8 Å². The number of aliphatic hydroxyl groups is 1. The quantitative estimate of drug-likeness (QED) is 0.672. The Bertz CT molecular complexity index is 223. The van der Waals surface area contributed by atoms with E-state index >= 15 is 0 Å². The minimum absolute atomic E-state index is 0.228. The highest BCUT2D eigenvalue weighted by Crippen LogP contribution is 2.22. The highest BCUT2D eigenvalue weighted by molar-refractivity contribution is 5.73. The maximum absolute atomic E-state index is 10.8. The first kappa shape index (κ1) is 11.4. The summed E-state index contributed by atoms with van der Waals surface area (Å²) in [6, 6.07) is -0.732. The Morgan fingerprint density at radius 3 is 2.50 bits per heavy atom. The Labute approximate surface area is 83.2 Å². The lowest BCUT2D eigenvalue weighted by Crippen LogP contribution is -2.41. The average molecular weight is 203 g/mol. The molecule has 82 valence electrons. The summed E-state index contributed by atoms with van der Waals surface area (Å²) in [4.78, 5) is 16.2. The van der Waals surface area contributed by atoms with E-state index in [9.17, 15) is 9.90 Å². The van der Waals surface area contributed by atoms with Gasteiger partial charge in [-0.1, -0.05) is 0 Å². The molecule has 0 saturated carbocycles. The molecule has 0 amide bonds. The molecule has 1 unspecified atom stereocenters. The lowest BCUT2D eigenvalue weighted by atomic mass is 10.2. The lowest BCUT2D eigenvalue weighted by Gasteiger charge is -2.29. The molecule has 1 aliphatic rings. The molecule has 0 aromatic rings. The number of hydroxylamine groups is 2. The molecule has 1 aliphatic heterocycles. The summed E-state index contributed by atoms with van der Waals surface area (Å²) in [6.45, 7) is 5.79. The van der Waals surface area contributed by atoms with Crippen molar-refractivity contribution < 1.29 is 19.8 Å². The summed E-state index contributed by atoms with van der Waals surface area (Å²) in [6.07, 6.45) is -0.385. The first-order valence-electron chi connectivity index (χ1n) is 4.66. The fourth-order valence-electron chi connectivity index (χ4n) is 1.46.